The second kappa shape index (κ2) is 11.9. The van der Waals surface area contributed by atoms with Gasteiger partial charge < -0.3 is 4.90 Å². The highest BCUT2D eigenvalue weighted by molar-refractivity contribution is 6.17. The topological polar surface area (TPSA) is 3.24 Å². The standard InChI is InChI=1S/C52H41N/c1-51(2)49-16-10-9-15-47(49)48-34-42(24-28-50(48)51)53(40-22-17-36(18-23-40)35-11-5-4-6-12-35)41-29-31-52(3,32-30-41)39-21-27-44-38(33-39)20-26-45-43-14-8-7-13-37(43)19-25-46(44)45/h4-31,33-34H,32H2,1-3H3. The van der Waals surface area contributed by atoms with Gasteiger partial charge in [0.1, 0.15) is 0 Å². The summed E-state index contributed by atoms with van der Waals surface area (Å²) in [4.78, 5) is 2.44. The largest absolute Gasteiger partial charge is 0.311 e. The van der Waals surface area contributed by atoms with Gasteiger partial charge in [-0.3, -0.25) is 0 Å². The van der Waals surface area contributed by atoms with E-state index in [2.05, 4.69) is 208 Å². The van der Waals surface area contributed by atoms with Crippen molar-refractivity contribution in [1.82, 2.24) is 0 Å². The molecule has 254 valence electrons. The van der Waals surface area contributed by atoms with Crippen LogP contribution < -0.4 is 4.90 Å². The molecule has 0 fully saturated rings. The zero-order valence-electron chi connectivity index (χ0n) is 30.5. The van der Waals surface area contributed by atoms with E-state index < -0.39 is 0 Å². The Kier molecular flexibility index (Phi) is 7.10. The Morgan fingerprint density at radius 3 is 1.91 bits per heavy atom. The highest BCUT2D eigenvalue weighted by Crippen LogP contribution is 2.50. The van der Waals surface area contributed by atoms with Crippen molar-refractivity contribution in [3.63, 3.8) is 0 Å². The maximum atomic E-state index is 2.44. The average molecular weight is 680 g/mol. The zero-order chi connectivity index (χ0) is 35.7. The predicted octanol–water partition coefficient (Wildman–Crippen LogP) is 14.1. The molecular weight excluding hydrogens is 639 g/mol. The lowest BCUT2D eigenvalue weighted by Gasteiger charge is -2.34. The highest BCUT2D eigenvalue weighted by atomic mass is 15.1. The van der Waals surface area contributed by atoms with Crippen LogP contribution in [0, 0.1) is 0 Å². The summed E-state index contributed by atoms with van der Waals surface area (Å²) < 4.78 is 0. The smallest absolute Gasteiger partial charge is 0.0467 e. The molecule has 1 unspecified atom stereocenters. The van der Waals surface area contributed by atoms with Gasteiger partial charge in [0.15, 0.2) is 0 Å². The van der Waals surface area contributed by atoms with Crippen molar-refractivity contribution >= 4 is 43.7 Å². The molecule has 0 aliphatic heterocycles. The van der Waals surface area contributed by atoms with Gasteiger partial charge in [0, 0.05) is 27.9 Å². The third-order valence-electron chi connectivity index (χ3n) is 12.1. The molecule has 0 radical (unpaired) electrons. The molecule has 1 atom stereocenters. The van der Waals surface area contributed by atoms with Crippen molar-refractivity contribution < 1.29 is 0 Å². The second-order valence-electron chi connectivity index (χ2n) is 15.6. The van der Waals surface area contributed by atoms with Gasteiger partial charge in [-0.15, -0.1) is 0 Å². The van der Waals surface area contributed by atoms with Gasteiger partial charge in [-0.05, 0) is 108 Å². The molecule has 0 amide bonds. The molecule has 0 saturated heterocycles. The Morgan fingerprint density at radius 1 is 0.472 bits per heavy atom. The number of rotatable bonds is 5. The van der Waals surface area contributed by atoms with E-state index in [4.69, 9.17) is 0 Å². The number of allylic oxidation sites excluding steroid dienone is 3. The van der Waals surface area contributed by atoms with Crippen LogP contribution in [0.3, 0.4) is 0 Å². The van der Waals surface area contributed by atoms with E-state index in [9.17, 15) is 0 Å². The molecule has 0 bridgehead atoms. The first-order chi connectivity index (χ1) is 25.9. The first kappa shape index (κ1) is 31.5. The zero-order valence-corrected chi connectivity index (χ0v) is 30.5. The van der Waals surface area contributed by atoms with Crippen molar-refractivity contribution in [2.45, 2.75) is 38.0 Å². The maximum absolute atomic E-state index is 2.44. The van der Waals surface area contributed by atoms with Gasteiger partial charge in [0.25, 0.3) is 0 Å². The Bertz CT molecular complexity index is 2780. The van der Waals surface area contributed by atoms with Gasteiger partial charge in [-0.1, -0.05) is 172 Å². The maximum Gasteiger partial charge on any atom is 0.0467 e. The van der Waals surface area contributed by atoms with E-state index in [0.717, 1.165) is 12.1 Å². The van der Waals surface area contributed by atoms with Crippen LogP contribution in [0.2, 0.25) is 0 Å². The Balaban J connectivity index is 1.03. The van der Waals surface area contributed by atoms with Gasteiger partial charge in [0.2, 0.25) is 0 Å². The van der Waals surface area contributed by atoms with Crippen LogP contribution in [0.15, 0.2) is 188 Å². The average Bonchev–Trinajstić information content (AvgIpc) is 3.44. The highest BCUT2D eigenvalue weighted by Gasteiger charge is 2.36. The molecule has 0 spiro atoms. The first-order valence-corrected chi connectivity index (χ1v) is 18.8. The van der Waals surface area contributed by atoms with Gasteiger partial charge in [-0.25, -0.2) is 0 Å². The molecule has 1 heteroatoms. The van der Waals surface area contributed by atoms with E-state index in [1.807, 2.05) is 0 Å². The van der Waals surface area contributed by atoms with Gasteiger partial charge >= 0.3 is 0 Å². The van der Waals surface area contributed by atoms with E-state index in [1.54, 1.807) is 0 Å². The molecule has 8 aromatic rings. The van der Waals surface area contributed by atoms with E-state index in [0.29, 0.717) is 0 Å². The molecule has 0 aromatic heterocycles. The van der Waals surface area contributed by atoms with Crippen LogP contribution in [0.25, 0.3) is 54.6 Å². The third-order valence-corrected chi connectivity index (χ3v) is 12.1. The van der Waals surface area contributed by atoms with E-state index in [-0.39, 0.29) is 10.8 Å². The third kappa shape index (κ3) is 5.06. The summed E-state index contributed by atoms with van der Waals surface area (Å²) in [7, 11) is 0. The monoisotopic (exact) mass is 679 g/mol. The summed E-state index contributed by atoms with van der Waals surface area (Å²) in [6.07, 6.45) is 8.11. The Morgan fingerprint density at radius 2 is 1.11 bits per heavy atom. The van der Waals surface area contributed by atoms with Crippen molar-refractivity contribution in [3.8, 4) is 22.3 Å². The molecule has 10 rings (SSSR count). The van der Waals surface area contributed by atoms with Crippen molar-refractivity contribution in [1.29, 1.82) is 0 Å². The lowest BCUT2D eigenvalue weighted by atomic mass is 9.76. The van der Waals surface area contributed by atoms with Crippen LogP contribution in [0.5, 0.6) is 0 Å². The minimum Gasteiger partial charge on any atom is -0.311 e. The van der Waals surface area contributed by atoms with Gasteiger partial charge in [0.05, 0.1) is 0 Å². The van der Waals surface area contributed by atoms with E-state index in [1.165, 1.54) is 82.6 Å². The minimum atomic E-state index is -0.125. The summed E-state index contributed by atoms with van der Waals surface area (Å²) >= 11 is 0. The van der Waals surface area contributed by atoms with Crippen molar-refractivity contribution in [2.75, 3.05) is 4.90 Å². The molecule has 1 nitrogen and oxygen atoms in total. The number of benzene rings is 8. The minimum absolute atomic E-state index is 0.0294. The molecular formula is C52H41N. The van der Waals surface area contributed by atoms with E-state index >= 15 is 0 Å². The normalized spacial score (nSPS) is 17.2. The van der Waals surface area contributed by atoms with Crippen LogP contribution in [-0.4, -0.2) is 0 Å². The lowest BCUT2D eigenvalue weighted by Crippen LogP contribution is -2.24. The number of hydrogen-bond donors (Lipinski definition) is 0. The molecule has 0 saturated carbocycles. The molecule has 0 heterocycles. The Hall–Kier alpha value is -6.18. The van der Waals surface area contributed by atoms with Crippen LogP contribution in [-0.2, 0) is 10.8 Å². The summed E-state index contributed by atoms with van der Waals surface area (Å²) in [6, 6.07) is 60.6. The molecule has 53 heavy (non-hydrogen) atoms. The fourth-order valence-corrected chi connectivity index (χ4v) is 9.01. The van der Waals surface area contributed by atoms with Crippen LogP contribution in [0.4, 0.5) is 11.4 Å². The number of hydrogen-bond acceptors (Lipinski definition) is 1. The summed E-state index contributed by atoms with van der Waals surface area (Å²) in [5.41, 5.74) is 12.6. The van der Waals surface area contributed by atoms with Crippen LogP contribution >= 0.6 is 0 Å². The predicted molar refractivity (Wildman–Crippen MR) is 226 cm³/mol. The lowest BCUT2D eigenvalue weighted by molar-refractivity contribution is 0.596. The summed E-state index contributed by atoms with van der Waals surface area (Å²) in [5.74, 6) is 0. The summed E-state index contributed by atoms with van der Waals surface area (Å²) in [5, 5.41) is 7.82. The number of nitrogens with zero attached hydrogens (tertiary/aromatic N) is 1. The molecule has 2 aliphatic carbocycles. The summed E-state index contributed by atoms with van der Waals surface area (Å²) in [6.45, 7) is 7.07. The van der Waals surface area contributed by atoms with Gasteiger partial charge in [-0.2, -0.15) is 0 Å². The number of anilines is 2. The van der Waals surface area contributed by atoms with Crippen molar-refractivity contribution in [3.05, 3.63) is 204 Å². The first-order valence-electron chi connectivity index (χ1n) is 18.8. The van der Waals surface area contributed by atoms with Crippen LogP contribution in [0.1, 0.15) is 43.9 Å². The second-order valence-corrected chi connectivity index (χ2v) is 15.6. The molecule has 2 aliphatic rings. The number of fused-ring (bicyclic) bond motifs is 8. The SMILES string of the molecule is CC1(c2ccc3c(ccc4c5ccccc5ccc34)c2)C=CC(N(c2ccc(-c3ccccc3)cc2)c2ccc3c(c2)-c2ccccc2C3(C)C)=CC1. The molecule has 8 aromatic carbocycles. The quantitative estimate of drug-likeness (QED) is 0.164. The molecule has 0 N–H and O–H groups in total. The fourth-order valence-electron chi connectivity index (χ4n) is 9.01. The Labute approximate surface area is 312 Å². The van der Waals surface area contributed by atoms with Crippen molar-refractivity contribution in [2.24, 2.45) is 0 Å². The fraction of sp³-hybridized carbons (Fsp3) is 0.115.